The van der Waals surface area contributed by atoms with E-state index in [-0.39, 0.29) is 6.42 Å². The van der Waals surface area contributed by atoms with Crippen molar-refractivity contribution in [1.29, 1.82) is 0 Å². The molecule has 0 fully saturated rings. The number of carboxylic acids is 2. The third kappa shape index (κ3) is 5.16. The number of hydrogen-bond acceptors (Lipinski definition) is 7. The van der Waals surface area contributed by atoms with E-state index in [4.69, 9.17) is 10.2 Å². The zero-order chi connectivity index (χ0) is 19.1. The number of carboxylic acid groups (broad SMARTS) is 2. The number of hydrogen-bond donors (Lipinski definition) is 2. The molecular formula is C13H17N3O9. The fourth-order valence-electron chi connectivity index (χ4n) is 1.98. The second kappa shape index (κ2) is 8.61. The first-order chi connectivity index (χ1) is 11.7. The van der Waals surface area contributed by atoms with E-state index in [2.05, 4.69) is 4.74 Å². The molecular weight excluding hydrogens is 342 g/mol. The highest BCUT2D eigenvalue weighted by molar-refractivity contribution is 5.69. The molecule has 25 heavy (non-hydrogen) atoms. The van der Waals surface area contributed by atoms with Gasteiger partial charge in [-0.3, -0.25) is 14.4 Å². The predicted octanol–water partition coefficient (Wildman–Crippen LogP) is -2.32. The number of carbonyl (C=O) groups is 3. The van der Waals surface area contributed by atoms with Crippen molar-refractivity contribution in [1.82, 2.24) is 13.7 Å². The molecule has 0 spiro atoms. The summed E-state index contributed by atoms with van der Waals surface area (Å²) in [6, 6.07) is 0. The minimum absolute atomic E-state index is 0.332. The maximum Gasteiger partial charge on any atom is 0.336 e. The maximum absolute atomic E-state index is 12.3. The van der Waals surface area contributed by atoms with E-state index in [9.17, 15) is 28.8 Å². The summed E-state index contributed by atoms with van der Waals surface area (Å²) in [5.74, 6) is -3.24. The number of rotatable bonds is 9. The molecule has 12 nitrogen and oxygen atoms in total. The Hall–Kier alpha value is -3.18. The number of methoxy groups -OCH3 is 1. The lowest BCUT2D eigenvalue weighted by atomic mass is 10.4. The van der Waals surface area contributed by atoms with Gasteiger partial charge in [0, 0.05) is 19.6 Å². The van der Waals surface area contributed by atoms with Gasteiger partial charge in [-0.2, -0.15) is 0 Å². The molecule has 138 valence electrons. The fraction of sp³-hybridized carbons (Fsp3) is 0.538. The standard InChI is InChI=1S/C13H17N3O9/c1-25-10(21)4-7-16-12(23)14(5-2-8(17)18)11(22)15(13(16)24)6-3-9(19)20/h2-7H2,1H3,(H,17,18)(H,19,20). The molecule has 0 atom stereocenters. The van der Waals surface area contributed by atoms with Crippen molar-refractivity contribution >= 4 is 17.9 Å². The molecule has 0 radical (unpaired) electrons. The van der Waals surface area contributed by atoms with Crippen LogP contribution in [0.1, 0.15) is 19.3 Å². The van der Waals surface area contributed by atoms with Crippen molar-refractivity contribution in [3.05, 3.63) is 31.5 Å². The van der Waals surface area contributed by atoms with Gasteiger partial charge in [0.25, 0.3) is 0 Å². The summed E-state index contributed by atoms with van der Waals surface area (Å²) in [4.78, 5) is 69.3. The lowest BCUT2D eigenvalue weighted by molar-refractivity contribution is -0.141. The first-order valence-corrected chi connectivity index (χ1v) is 7.14. The van der Waals surface area contributed by atoms with E-state index in [1.165, 1.54) is 0 Å². The van der Waals surface area contributed by atoms with E-state index in [0.29, 0.717) is 13.7 Å². The highest BCUT2D eigenvalue weighted by Gasteiger charge is 2.17. The van der Waals surface area contributed by atoms with Crippen molar-refractivity contribution in [2.75, 3.05) is 7.11 Å². The summed E-state index contributed by atoms with van der Waals surface area (Å²) in [6.45, 7) is -1.40. The van der Waals surface area contributed by atoms with Gasteiger partial charge >= 0.3 is 35.0 Å². The predicted molar refractivity (Wildman–Crippen MR) is 80.4 cm³/mol. The van der Waals surface area contributed by atoms with Gasteiger partial charge in [-0.05, 0) is 0 Å². The van der Waals surface area contributed by atoms with Crippen LogP contribution < -0.4 is 17.1 Å². The van der Waals surface area contributed by atoms with Gasteiger partial charge < -0.3 is 14.9 Å². The van der Waals surface area contributed by atoms with Crippen LogP contribution in [-0.2, 0) is 38.8 Å². The second-order valence-electron chi connectivity index (χ2n) is 4.92. The van der Waals surface area contributed by atoms with Crippen LogP contribution in [0.25, 0.3) is 0 Å². The molecule has 1 aromatic rings. The van der Waals surface area contributed by atoms with Gasteiger partial charge in [0.05, 0.1) is 26.4 Å². The number of carbonyl (C=O) groups excluding carboxylic acids is 1. The van der Waals surface area contributed by atoms with E-state index >= 15 is 0 Å². The summed E-state index contributed by atoms with van der Waals surface area (Å²) in [5.41, 5.74) is -3.26. The molecule has 0 aliphatic carbocycles. The Kier molecular flexibility index (Phi) is 6.84. The molecule has 2 N–H and O–H groups in total. The van der Waals surface area contributed by atoms with Crippen LogP contribution in [0.4, 0.5) is 0 Å². The minimum atomic E-state index is -1.27. The number of nitrogens with zero attached hydrogens (tertiary/aromatic N) is 3. The van der Waals surface area contributed by atoms with Gasteiger partial charge in [0.1, 0.15) is 0 Å². The van der Waals surface area contributed by atoms with Gasteiger partial charge in [0.2, 0.25) is 0 Å². The Bertz CT molecular complexity index is 790. The van der Waals surface area contributed by atoms with E-state index in [0.717, 1.165) is 7.11 Å². The number of aliphatic carboxylic acids is 2. The maximum atomic E-state index is 12.3. The third-order valence-corrected chi connectivity index (χ3v) is 3.25. The van der Waals surface area contributed by atoms with Crippen molar-refractivity contribution in [3.63, 3.8) is 0 Å². The fourth-order valence-corrected chi connectivity index (χ4v) is 1.98. The summed E-state index contributed by atoms with van der Waals surface area (Å²) >= 11 is 0. The number of aromatic nitrogens is 3. The smallest absolute Gasteiger partial charge is 0.336 e. The Balaban J connectivity index is 3.42. The lowest BCUT2D eigenvalue weighted by Gasteiger charge is -2.12. The largest absolute Gasteiger partial charge is 0.481 e. The highest BCUT2D eigenvalue weighted by atomic mass is 16.5. The topological polar surface area (TPSA) is 167 Å². The molecule has 0 aromatic carbocycles. The summed E-state index contributed by atoms with van der Waals surface area (Å²) < 4.78 is 6.02. The monoisotopic (exact) mass is 359 g/mol. The molecule has 1 aromatic heterocycles. The highest BCUT2D eigenvalue weighted by Crippen LogP contribution is 1.89. The van der Waals surface area contributed by atoms with Crippen molar-refractivity contribution < 1.29 is 29.3 Å². The second-order valence-corrected chi connectivity index (χ2v) is 4.92. The van der Waals surface area contributed by atoms with Gasteiger partial charge in [-0.15, -0.1) is 0 Å². The zero-order valence-corrected chi connectivity index (χ0v) is 13.3. The van der Waals surface area contributed by atoms with Crippen LogP contribution >= 0.6 is 0 Å². The van der Waals surface area contributed by atoms with Crippen molar-refractivity contribution in [3.8, 4) is 0 Å². The Morgan fingerprint density at radius 1 is 0.760 bits per heavy atom. The molecule has 1 rings (SSSR count). The molecule has 1 heterocycles. The normalized spacial score (nSPS) is 10.4. The van der Waals surface area contributed by atoms with Gasteiger partial charge in [-0.1, -0.05) is 0 Å². The van der Waals surface area contributed by atoms with Crippen molar-refractivity contribution in [2.24, 2.45) is 0 Å². The first kappa shape index (κ1) is 19.9. The van der Waals surface area contributed by atoms with E-state index in [1.54, 1.807) is 0 Å². The van der Waals surface area contributed by atoms with E-state index < -0.39 is 67.5 Å². The Labute approximate surface area is 139 Å². The van der Waals surface area contributed by atoms with Crippen LogP contribution in [0.15, 0.2) is 14.4 Å². The molecule has 0 aliphatic heterocycles. The van der Waals surface area contributed by atoms with Crippen molar-refractivity contribution in [2.45, 2.75) is 38.9 Å². The molecule has 0 aliphatic rings. The van der Waals surface area contributed by atoms with Gasteiger partial charge in [0.15, 0.2) is 0 Å². The Morgan fingerprint density at radius 2 is 1.08 bits per heavy atom. The first-order valence-electron chi connectivity index (χ1n) is 7.14. The third-order valence-electron chi connectivity index (χ3n) is 3.25. The average molecular weight is 359 g/mol. The number of ether oxygens (including phenoxy) is 1. The molecule has 0 saturated carbocycles. The SMILES string of the molecule is COC(=O)CCn1c(=O)n(CCC(=O)O)c(=O)n(CCC(=O)O)c1=O. The lowest BCUT2D eigenvalue weighted by Crippen LogP contribution is -2.55. The molecule has 0 unspecified atom stereocenters. The number of esters is 1. The quantitative estimate of drug-likeness (QED) is 0.460. The van der Waals surface area contributed by atoms with Crippen LogP contribution in [0, 0.1) is 0 Å². The van der Waals surface area contributed by atoms with Crippen LogP contribution in [0.2, 0.25) is 0 Å². The molecule has 12 heteroatoms. The molecule has 0 saturated heterocycles. The Morgan fingerprint density at radius 3 is 1.36 bits per heavy atom. The summed E-state index contributed by atoms with van der Waals surface area (Å²) in [6.07, 6.45) is -1.44. The minimum Gasteiger partial charge on any atom is -0.481 e. The van der Waals surface area contributed by atoms with Crippen LogP contribution in [0.5, 0.6) is 0 Å². The van der Waals surface area contributed by atoms with E-state index in [1.807, 2.05) is 0 Å². The summed E-state index contributed by atoms with van der Waals surface area (Å²) in [7, 11) is 1.12. The van der Waals surface area contributed by atoms with Gasteiger partial charge in [-0.25, -0.2) is 28.1 Å². The zero-order valence-electron chi connectivity index (χ0n) is 13.3. The average Bonchev–Trinajstić information content (AvgIpc) is 2.53. The molecule has 0 bridgehead atoms. The van der Waals surface area contributed by atoms with Crippen LogP contribution in [-0.4, -0.2) is 48.9 Å². The summed E-state index contributed by atoms with van der Waals surface area (Å²) in [5, 5.41) is 17.4. The molecule has 0 amide bonds. The van der Waals surface area contributed by atoms with Crippen LogP contribution in [0.3, 0.4) is 0 Å².